The van der Waals surface area contributed by atoms with Gasteiger partial charge in [-0.1, -0.05) is 0 Å². The lowest BCUT2D eigenvalue weighted by Gasteiger charge is -2.09. The van der Waals surface area contributed by atoms with Crippen molar-refractivity contribution >= 4 is 0 Å². The van der Waals surface area contributed by atoms with Crippen LogP contribution in [0.3, 0.4) is 0 Å². The van der Waals surface area contributed by atoms with E-state index in [1.54, 1.807) is 13.2 Å². The molecule has 10 heavy (non-hydrogen) atoms. The van der Waals surface area contributed by atoms with Crippen molar-refractivity contribution < 1.29 is 14.6 Å². The van der Waals surface area contributed by atoms with E-state index in [9.17, 15) is 0 Å². The molecule has 0 fully saturated rings. The monoisotopic (exact) mass is 144 g/mol. The normalized spacial score (nSPS) is 26.4. The van der Waals surface area contributed by atoms with E-state index in [1.165, 1.54) is 0 Å². The first-order chi connectivity index (χ1) is 4.79. The van der Waals surface area contributed by atoms with Gasteiger partial charge in [-0.25, -0.2) is 0 Å². The molecule has 0 saturated heterocycles. The molecular formula is C7H12O3. The Bertz CT molecular complexity index is 120. The Morgan fingerprint density at radius 3 is 3.20 bits per heavy atom. The second-order valence-corrected chi connectivity index (χ2v) is 2.38. The van der Waals surface area contributed by atoms with Gasteiger partial charge >= 0.3 is 0 Å². The molecule has 0 amide bonds. The smallest absolute Gasteiger partial charge is 0.117 e. The van der Waals surface area contributed by atoms with E-state index < -0.39 is 6.10 Å². The van der Waals surface area contributed by atoms with Crippen molar-refractivity contribution in [3.8, 4) is 0 Å². The minimum Gasteiger partial charge on any atom is -0.498 e. The lowest BCUT2D eigenvalue weighted by molar-refractivity contribution is 0.00377. The molecule has 1 rings (SSSR count). The van der Waals surface area contributed by atoms with Crippen LogP contribution in [0.15, 0.2) is 12.3 Å². The summed E-state index contributed by atoms with van der Waals surface area (Å²) in [5, 5.41) is 8.82. The third kappa shape index (κ3) is 2.37. The van der Waals surface area contributed by atoms with Crippen LogP contribution in [-0.2, 0) is 9.47 Å². The molecule has 3 nitrogen and oxygen atoms in total. The van der Waals surface area contributed by atoms with Gasteiger partial charge in [0.25, 0.3) is 0 Å². The summed E-state index contributed by atoms with van der Waals surface area (Å²) in [6, 6.07) is 0. The molecule has 2 unspecified atom stereocenters. The SMILES string of the molecule is CC(O)COC1C=COC1. The topological polar surface area (TPSA) is 38.7 Å². The maximum atomic E-state index is 8.82. The molecule has 0 aromatic carbocycles. The van der Waals surface area contributed by atoms with Crippen molar-refractivity contribution in [2.45, 2.75) is 19.1 Å². The first kappa shape index (κ1) is 7.57. The van der Waals surface area contributed by atoms with Crippen molar-refractivity contribution in [3.63, 3.8) is 0 Å². The summed E-state index contributed by atoms with van der Waals surface area (Å²) in [6.07, 6.45) is 3.10. The molecule has 0 saturated carbocycles. The molecule has 1 aliphatic rings. The second kappa shape index (κ2) is 3.58. The number of rotatable bonds is 3. The van der Waals surface area contributed by atoms with Gasteiger partial charge in [-0.2, -0.15) is 0 Å². The Kier molecular flexibility index (Phi) is 2.71. The molecule has 1 aliphatic heterocycles. The zero-order chi connectivity index (χ0) is 7.40. The lowest BCUT2D eigenvalue weighted by Crippen LogP contribution is -2.18. The van der Waals surface area contributed by atoms with Gasteiger partial charge in [0.1, 0.15) is 12.7 Å². The van der Waals surface area contributed by atoms with Crippen molar-refractivity contribution in [2.24, 2.45) is 0 Å². The summed E-state index contributed by atoms with van der Waals surface area (Å²) in [7, 11) is 0. The van der Waals surface area contributed by atoms with Crippen LogP contribution in [0.5, 0.6) is 0 Å². The zero-order valence-corrected chi connectivity index (χ0v) is 5.99. The van der Waals surface area contributed by atoms with Crippen LogP contribution in [-0.4, -0.2) is 30.5 Å². The quantitative estimate of drug-likeness (QED) is 0.619. The highest BCUT2D eigenvalue weighted by Gasteiger charge is 2.10. The molecule has 2 atom stereocenters. The maximum absolute atomic E-state index is 8.82. The summed E-state index contributed by atoms with van der Waals surface area (Å²) < 4.78 is 10.1. The molecular weight excluding hydrogens is 132 g/mol. The fraction of sp³-hybridized carbons (Fsp3) is 0.714. The van der Waals surface area contributed by atoms with Crippen molar-refractivity contribution in [1.82, 2.24) is 0 Å². The Morgan fingerprint density at radius 1 is 1.90 bits per heavy atom. The zero-order valence-electron chi connectivity index (χ0n) is 5.99. The molecule has 0 aromatic heterocycles. The second-order valence-electron chi connectivity index (χ2n) is 2.38. The predicted octanol–water partition coefficient (Wildman–Crippen LogP) is 0.296. The van der Waals surface area contributed by atoms with Gasteiger partial charge in [0, 0.05) is 0 Å². The maximum Gasteiger partial charge on any atom is 0.117 e. The first-order valence-corrected chi connectivity index (χ1v) is 3.37. The van der Waals surface area contributed by atoms with Crippen LogP contribution in [0.4, 0.5) is 0 Å². The minimum atomic E-state index is -0.394. The molecule has 0 radical (unpaired) electrons. The van der Waals surface area contributed by atoms with Gasteiger partial charge in [-0.15, -0.1) is 0 Å². The highest BCUT2D eigenvalue weighted by atomic mass is 16.5. The van der Waals surface area contributed by atoms with Gasteiger partial charge in [0.05, 0.1) is 19.0 Å². The molecule has 0 bridgehead atoms. The molecule has 0 aliphatic carbocycles. The van der Waals surface area contributed by atoms with E-state index >= 15 is 0 Å². The van der Waals surface area contributed by atoms with E-state index in [0.717, 1.165) is 0 Å². The van der Waals surface area contributed by atoms with Crippen molar-refractivity contribution in [2.75, 3.05) is 13.2 Å². The standard InChI is InChI=1S/C7H12O3/c1-6(8)4-10-7-2-3-9-5-7/h2-3,6-8H,4-5H2,1H3. The van der Waals surface area contributed by atoms with Crippen LogP contribution in [0, 0.1) is 0 Å². The Hall–Kier alpha value is -0.540. The van der Waals surface area contributed by atoms with Crippen LogP contribution < -0.4 is 0 Å². The van der Waals surface area contributed by atoms with Crippen molar-refractivity contribution in [3.05, 3.63) is 12.3 Å². The number of aliphatic hydroxyl groups is 1. The Morgan fingerprint density at radius 2 is 2.70 bits per heavy atom. The summed E-state index contributed by atoms with van der Waals surface area (Å²) >= 11 is 0. The van der Waals surface area contributed by atoms with E-state index in [1.807, 2.05) is 6.08 Å². The van der Waals surface area contributed by atoms with Gasteiger partial charge in [0.2, 0.25) is 0 Å². The van der Waals surface area contributed by atoms with Crippen LogP contribution in [0.25, 0.3) is 0 Å². The Labute approximate surface area is 60.3 Å². The summed E-state index contributed by atoms with van der Waals surface area (Å²) in [6.45, 7) is 2.64. The molecule has 0 spiro atoms. The summed E-state index contributed by atoms with van der Waals surface area (Å²) in [5.74, 6) is 0. The fourth-order valence-corrected chi connectivity index (χ4v) is 0.716. The third-order valence-corrected chi connectivity index (χ3v) is 1.20. The third-order valence-electron chi connectivity index (χ3n) is 1.20. The average molecular weight is 144 g/mol. The highest BCUT2D eigenvalue weighted by molar-refractivity contribution is 4.90. The molecule has 1 N–H and O–H groups in total. The van der Waals surface area contributed by atoms with Gasteiger partial charge in [0.15, 0.2) is 0 Å². The van der Waals surface area contributed by atoms with Gasteiger partial charge in [-0.3, -0.25) is 0 Å². The van der Waals surface area contributed by atoms with Gasteiger partial charge < -0.3 is 14.6 Å². The predicted molar refractivity (Wildman–Crippen MR) is 36.5 cm³/mol. The molecule has 0 aromatic rings. The van der Waals surface area contributed by atoms with Crippen LogP contribution in [0.1, 0.15) is 6.92 Å². The van der Waals surface area contributed by atoms with E-state index in [4.69, 9.17) is 14.6 Å². The van der Waals surface area contributed by atoms with Crippen LogP contribution >= 0.6 is 0 Å². The van der Waals surface area contributed by atoms with Gasteiger partial charge in [-0.05, 0) is 13.0 Å². The number of aliphatic hydroxyl groups excluding tert-OH is 1. The molecule has 3 heteroatoms. The number of hydrogen-bond donors (Lipinski definition) is 1. The minimum absolute atomic E-state index is 0.0367. The van der Waals surface area contributed by atoms with Crippen LogP contribution in [0.2, 0.25) is 0 Å². The first-order valence-electron chi connectivity index (χ1n) is 3.37. The lowest BCUT2D eigenvalue weighted by atomic mass is 10.4. The summed E-state index contributed by atoms with van der Waals surface area (Å²) in [5.41, 5.74) is 0. The summed E-state index contributed by atoms with van der Waals surface area (Å²) in [4.78, 5) is 0. The van der Waals surface area contributed by atoms with E-state index in [-0.39, 0.29) is 6.10 Å². The van der Waals surface area contributed by atoms with E-state index in [2.05, 4.69) is 0 Å². The van der Waals surface area contributed by atoms with E-state index in [0.29, 0.717) is 13.2 Å². The molecule has 58 valence electrons. The largest absolute Gasteiger partial charge is 0.498 e. The average Bonchev–Trinajstić information content (AvgIpc) is 2.34. The highest BCUT2D eigenvalue weighted by Crippen LogP contribution is 2.03. The number of hydrogen-bond acceptors (Lipinski definition) is 3. The number of ether oxygens (including phenoxy) is 2. The molecule has 1 heterocycles. The Balaban J connectivity index is 2.08. The fourth-order valence-electron chi connectivity index (χ4n) is 0.716. The van der Waals surface area contributed by atoms with Crippen molar-refractivity contribution in [1.29, 1.82) is 0 Å².